The van der Waals surface area contributed by atoms with Gasteiger partial charge in [-0.15, -0.1) is 0 Å². The molecule has 0 bridgehead atoms. The number of non-ortho nitro benzene ring substituents is 1. The number of nitro benzene ring substituents is 1. The Hall–Kier alpha value is -0.750. The van der Waals surface area contributed by atoms with E-state index in [4.69, 9.17) is 14.6 Å². The fourth-order valence-electron chi connectivity index (χ4n) is 1.27. The molecule has 2 N–H and O–H groups in total. The number of nitro groups is 1. The average molecular weight is 448 g/mol. The van der Waals surface area contributed by atoms with Gasteiger partial charge in [-0.25, -0.2) is 13.6 Å². The zero-order valence-electron chi connectivity index (χ0n) is 10.6. The van der Waals surface area contributed by atoms with Crippen molar-refractivity contribution in [3.63, 3.8) is 0 Å². The largest absolute Gasteiger partial charge is 0.489 e. The van der Waals surface area contributed by atoms with Gasteiger partial charge in [-0.1, -0.05) is 0 Å². The van der Waals surface area contributed by atoms with E-state index in [0.717, 1.165) is 0 Å². The lowest BCUT2D eigenvalue weighted by Crippen LogP contribution is -2.21. The molecule has 1 rings (SSSR count). The fourth-order valence-corrected chi connectivity index (χ4v) is 3.01. The summed E-state index contributed by atoms with van der Waals surface area (Å²) in [5.74, 6) is 0.133. The molecule has 0 fully saturated rings. The molecule has 0 spiro atoms. The van der Waals surface area contributed by atoms with Gasteiger partial charge in [0.25, 0.3) is 5.69 Å². The molecule has 0 amide bonds. The molecule has 11 heteroatoms. The van der Waals surface area contributed by atoms with E-state index >= 15 is 0 Å². The quantitative estimate of drug-likeness (QED) is 0.368. The van der Waals surface area contributed by atoms with Gasteiger partial charge in [0.15, 0.2) is 0 Å². The summed E-state index contributed by atoms with van der Waals surface area (Å²) in [7, 11) is -3.53. The third-order valence-electron chi connectivity index (χ3n) is 2.18. The third-order valence-corrected chi connectivity index (χ3v) is 4.09. The molecule has 21 heavy (non-hydrogen) atoms. The molecule has 0 saturated heterocycles. The van der Waals surface area contributed by atoms with Crippen molar-refractivity contribution in [3.05, 3.63) is 31.2 Å². The van der Waals surface area contributed by atoms with Crippen molar-refractivity contribution in [3.8, 4) is 5.75 Å². The van der Waals surface area contributed by atoms with Gasteiger partial charge < -0.3 is 9.47 Å². The van der Waals surface area contributed by atoms with Crippen LogP contribution in [-0.4, -0.2) is 38.9 Å². The van der Waals surface area contributed by atoms with Crippen molar-refractivity contribution in [1.82, 2.24) is 0 Å². The number of nitrogens with two attached hydrogens (primary N) is 1. The predicted octanol–water partition coefficient (Wildman–Crippen LogP) is 1.80. The molecule has 0 atom stereocenters. The highest BCUT2D eigenvalue weighted by Gasteiger charge is 2.15. The minimum absolute atomic E-state index is 0.0230. The van der Waals surface area contributed by atoms with Crippen molar-refractivity contribution >= 4 is 47.6 Å². The first-order valence-electron chi connectivity index (χ1n) is 5.55. The summed E-state index contributed by atoms with van der Waals surface area (Å²) in [6, 6.07) is 2.64. The number of rotatable bonds is 8. The molecule has 1 aromatic rings. The van der Waals surface area contributed by atoms with E-state index in [1.165, 1.54) is 12.1 Å². The highest BCUT2D eigenvalue weighted by molar-refractivity contribution is 9.11. The van der Waals surface area contributed by atoms with Crippen molar-refractivity contribution in [2.45, 2.75) is 0 Å². The summed E-state index contributed by atoms with van der Waals surface area (Å²) in [5.41, 5.74) is -0.0782. The molecule has 0 aliphatic carbocycles. The zero-order valence-corrected chi connectivity index (χ0v) is 14.6. The molecule has 1 aromatic carbocycles. The summed E-state index contributed by atoms with van der Waals surface area (Å²) in [4.78, 5) is 10.2. The minimum Gasteiger partial charge on any atom is -0.489 e. The summed E-state index contributed by atoms with van der Waals surface area (Å²) >= 11 is 6.36. The van der Waals surface area contributed by atoms with Crippen LogP contribution in [-0.2, 0) is 14.8 Å². The van der Waals surface area contributed by atoms with E-state index in [1.54, 1.807) is 0 Å². The van der Waals surface area contributed by atoms with Crippen LogP contribution in [0.5, 0.6) is 5.75 Å². The third kappa shape index (κ3) is 6.70. The summed E-state index contributed by atoms with van der Waals surface area (Å²) in [6.45, 7) is 0.288. The number of hydrogen-bond donors (Lipinski definition) is 1. The Balaban J connectivity index is 2.48. The van der Waals surface area contributed by atoms with Gasteiger partial charge in [0.2, 0.25) is 10.0 Å². The van der Waals surface area contributed by atoms with Crippen LogP contribution in [0.25, 0.3) is 0 Å². The molecular weight excluding hydrogens is 436 g/mol. The van der Waals surface area contributed by atoms with Crippen LogP contribution < -0.4 is 9.88 Å². The highest BCUT2D eigenvalue weighted by Crippen LogP contribution is 2.37. The number of benzene rings is 1. The number of sulfonamides is 1. The Labute approximate surface area is 138 Å². The predicted molar refractivity (Wildman–Crippen MR) is 82.8 cm³/mol. The Bertz CT molecular complexity index is 599. The summed E-state index contributed by atoms with van der Waals surface area (Å²) in [6.07, 6.45) is 0. The summed E-state index contributed by atoms with van der Waals surface area (Å²) in [5, 5.41) is 15.5. The zero-order chi connectivity index (χ0) is 16.0. The number of primary sulfonamides is 1. The first-order chi connectivity index (χ1) is 9.70. The second kappa shape index (κ2) is 8.03. The monoisotopic (exact) mass is 446 g/mol. The summed E-state index contributed by atoms with van der Waals surface area (Å²) < 4.78 is 32.6. The fraction of sp³-hybridized carbons (Fsp3) is 0.400. The molecular formula is C10H12Br2N2O6S. The van der Waals surface area contributed by atoms with Crippen LogP contribution in [0.4, 0.5) is 5.69 Å². The first-order valence-corrected chi connectivity index (χ1v) is 8.85. The number of ether oxygens (including phenoxy) is 2. The Morgan fingerprint density at radius 3 is 2.24 bits per heavy atom. The Morgan fingerprint density at radius 2 is 1.76 bits per heavy atom. The second-order valence-electron chi connectivity index (χ2n) is 3.82. The molecule has 0 aliphatic heterocycles. The van der Waals surface area contributed by atoms with Crippen molar-refractivity contribution in [2.75, 3.05) is 25.6 Å². The van der Waals surface area contributed by atoms with Crippen LogP contribution >= 0.6 is 31.9 Å². The minimum atomic E-state index is -3.53. The van der Waals surface area contributed by atoms with E-state index in [0.29, 0.717) is 14.7 Å². The van der Waals surface area contributed by atoms with Gasteiger partial charge >= 0.3 is 0 Å². The van der Waals surface area contributed by atoms with E-state index in [9.17, 15) is 18.5 Å². The smallest absolute Gasteiger partial charge is 0.271 e. The molecule has 0 radical (unpaired) electrons. The van der Waals surface area contributed by atoms with Crippen LogP contribution in [0, 0.1) is 10.1 Å². The van der Waals surface area contributed by atoms with Gasteiger partial charge in [-0.05, 0) is 31.9 Å². The van der Waals surface area contributed by atoms with E-state index in [1.807, 2.05) is 0 Å². The molecule has 0 aromatic heterocycles. The van der Waals surface area contributed by atoms with Crippen molar-refractivity contribution < 1.29 is 22.8 Å². The number of hydrogen-bond acceptors (Lipinski definition) is 6. The van der Waals surface area contributed by atoms with Crippen LogP contribution in [0.1, 0.15) is 0 Å². The molecule has 0 aliphatic rings. The first kappa shape index (κ1) is 18.3. The SMILES string of the molecule is NS(=O)(=O)CCOCCOc1c(Br)cc([N+](=O)[O-])cc1Br. The average Bonchev–Trinajstić information content (AvgIpc) is 2.34. The second-order valence-corrected chi connectivity index (χ2v) is 7.27. The lowest BCUT2D eigenvalue weighted by Gasteiger charge is -2.10. The maximum absolute atomic E-state index is 10.7. The molecule has 0 heterocycles. The van der Waals surface area contributed by atoms with E-state index < -0.39 is 14.9 Å². The topological polar surface area (TPSA) is 122 Å². The van der Waals surface area contributed by atoms with Gasteiger partial charge in [0, 0.05) is 12.1 Å². The van der Waals surface area contributed by atoms with Gasteiger partial charge in [0.05, 0.1) is 32.8 Å². The van der Waals surface area contributed by atoms with Gasteiger partial charge in [-0.2, -0.15) is 0 Å². The molecule has 118 valence electrons. The van der Waals surface area contributed by atoms with Crippen molar-refractivity contribution in [2.24, 2.45) is 5.14 Å². The normalized spacial score (nSPS) is 11.4. The van der Waals surface area contributed by atoms with E-state index in [-0.39, 0.29) is 31.3 Å². The molecule has 8 nitrogen and oxygen atoms in total. The molecule has 0 unspecified atom stereocenters. The Morgan fingerprint density at radius 1 is 1.19 bits per heavy atom. The Kier molecular flexibility index (Phi) is 7.00. The van der Waals surface area contributed by atoms with Gasteiger partial charge in [-0.3, -0.25) is 10.1 Å². The van der Waals surface area contributed by atoms with Crippen LogP contribution in [0.3, 0.4) is 0 Å². The standard InChI is InChI=1S/C10H12Br2N2O6S/c11-8-5-7(14(15)16)6-9(12)10(8)20-2-1-19-3-4-21(13,17)18/h5-6H,1-4H2,(H2,13,17,18). The van der Waals surface area contributed by atoms with E-state index in [2.05, 4.69) is 31.9 Å². The number of halogens is 2. The lowest BCUT2D eigenvalue weighted by atomic mass is 10.3. The van der Waals surface area contributed by atoms with Gasteiger partial charge in [0.1, 0.15) is 12.4 Å². The highest BCUT2D eigenvalue weighted by atomic mass is 79.9. The van der Waals surface area contributed by atoms with Crippen molar-refractivity contribution in [1.29, 1.82) is 0 Å². The van der Waals surface area contributed by atoms with Crippen LogP contribution in [0.15, 0.2) is 21.1 Å². The van der Waals surface area contributed by atoms with Crippen LogP contribution in [0.2, 0.25) is 0 Å². The maximum atomic E-state index is 10.7. The number of nitrogens with zero attached hydrogens (tertiary/aromatic N) is 1. The lowest BCUT2D eigenvalue weighted by molar-refractivity contribution is -0.385. The molecule has 0 saturated carbocycles. The maximum Gasteiger partial charge on any atom is 0.271 e.